The first-order chi connectivity index (χ1) is 11.2. The molecule has 0 bridgehead atoms. The lowest BCUT2D eigenvalue weighted by molar-refractivity contribution is 0.311. The van der Waals surface area contributed by atoms with E-state index in [2.05, 4.69) is 56.1 Å². The van der Waals surface area contributed by atoms with Crippen LogP contribution in [0.1, 0.15) is 5.82 Å². The van der Waals surface area contributed by atoms with Crippen LogP contribution in [-0.4, -0.2) is 58.8 Å². The van der Waals surface area contributed by atoms with Crippen molar-refractivity contribution in [2.45, 2.75) is 11.3 Å². The molecule has 0 atom stereocenters. The summed E-state index contributed by atoms with van der Waals surface area (Å²) in [7, 11) is 2.13. The summed E-state index contributed by atoms with van der Waals surface area (Å²) in [5.74, 6) is 2.73. The van der Waals surface area contributed by atoms with Crippen LogP contribution in [0.4, 0.5) is 11.9 Å². The monoisotopic (exact) mass is 366 g/mol. The standard InChI is InChI=1S/C16H22N6S.ClH/c1-21-8-10-22(11-9-21)16-19-14(18-15(17)20-16)7-12-23-13-5-3-2-4-6-13;/h2-6H,7-12H2,1H3,(H2,17,18,19,20);1H. The molecule has 0 unspecified atom stereocenters. The maximum absolute atomic E-state index is 5.87. The van der Waals surface area contributed by atoms with E-state index < -0.39 is 0 Å². The number of likely N-dealkylation sites (N-methyl/N-ethyl adjacent to an activating group) is 1. The Morgan fingerprint density at radius 1 is 1.04 bits per heavy atom. The van der Waals surface area contributed by atoms with Crippen molar-refractivity contribution in [1.82, 2.24) is 19.9 Å². The summed E-state index contributed by atoms with van der Waals surface area (Å²) in [4.78, 5) is 18.9. The molecule has 0 saturated carbocycles. The molecule has 2 N–H and O–H groups in total. The number of halogens is 1. The third-order valence-corrected chi connectivity index (χ3v) is 4.82. The molecule has 8 heteroatoms. The van der Waals surface area contributed by atoms with Gasteiger partial charge in [0.2, 0.25) is 11.9 Å². The van der Waals surface area contributed by atoms with Crippen molar-refractivity contribution >= 4 is 36.1 Å². The van der Waals surface area contributed by atoms with Crippen LogP contribution in [0.15, 0.2) is 35.2 Å². The highest BCUT2D eigenvalue weighted by atomic mass is 35.5. The lowest BCUT2D eigenvalue weighted by atomic mass is 10.3. The van der Waals surface area contributed by atoms with Gasteiger partial charge in [-0.05, 0) is 19.2 Å². The van der Waals surface area contributed by atoms with Crippen molar-refractivity contribution in [3.05, 3.63) is 36.2 Å². The molecule has 1 aromatic carbocycles. The molecule has 3 rings (SSSR count). The Hall–Kier alpha value is -1.57. The topological polar surface area (TPSA) is 71.2 Å². The fourth-order valence-electron chi connectivity index (χ4n) is 2.46. The van der Waals surface area contributed by atoms with Crippen LogP contribution >= 0.6 is 24.2 Å². The zero-order valence-corrected chi connectivity index (χ0v) is 15.4. The van der Waals surface area contributed by atoms with Gasteiger partial charge < -0.3 is 15.5 Å². The number of rotatable bonds is 5. The van der Waals surface area contributed by atoms with Crippen molar-refractivity contribution in [3.63, 3.8) is 0 Å². The number of nitrogen functional groups attached to an aromatic ring is 1. The van der Waals surface area contributed by atoms with E-state index in [9.17, 15) is 0 Å². The Balaban J connectivity index is 0.00000208. The number of piperazine rings is 1. The molecule has 6 nitrogen and oxygen atoms in total. The third kappa shape index (κ3) is 5.22. The molecular formula is C16H23ClN6S. The Morgan fingerprint density at radius 3 is 2.46 bits per heavy atom. The number of nitrogens with zero attached hydrogens (tertiary/aromatic N) is 5. The van der Waals surface area contributed by atoms with Crippen molar-refractivity contribution in [3.8, 4) is 0 Å². The first kappa shape index (κ1) is 18.8. The number of nitrogens with two attached hydrogens (primary N) is 1. The van der Waals surface area contributed by atoms with Gasteiger partial charge in [-0.3, -0.25) is 0 Å². The molecule has 0 aliphatic carbocycles. The highest BCUT2D eigenvalue weighted by Crippen LogP contribution is 2.18. The van der Waals surface area contributed by atoms with Crippen molar-refractivity contribution in [2.24, 2.45) is 0 Å². The summed E-state index contributed by atoms with van der Waals surface area (Å²) in [5, 5.41) is 0. The van der Waals surface area contributed by atoms with Crippen LogP contribution in [0.25, 0.3) is 0 Å². The number of aryl methyl sites for hydroxylation is 1. The summed E-state index contributed by atoms with van der Waals surface area (Å²) in [6.45, 7) is 3.89. The summed E-state index contributed by atoms with van der Waals surface area (Å²) < 4.78 is 0. The summed E-state index contributed by atoms with van der Waals surface area (Å²) >= 11 is 1.80. The first-order valence-electron chi connectivity index (χ1n) is 7.82. The van der Waals surface area contributed by atoms with E-state index in [0.29, 0.717) is 11.9 Å². The fourth-order valence-corrected chi connectivity index (χ4v) is 3.33. The van der Waals surface area contributed by atoms with Crippen LogP contribution in [0.5, 0.6) is 0 Å². The molecule has 0 spiro atoms. The number of thioether (sulfide) groups is 1. The van der Waals surface area contributed by atoms with E-state index in [-0.39, 0.29) is 12.4 Å². The molecule has 1 aliphatic rings. The van der Waals surface area contributed by atoms with Gasteiger partial charge >= 0.3 is 0 Å². The molecule has 1 saturated heterocycles. The van der Waals surface area contributed by atoms with Gasteiger partial charge in [-0.15, -0.1) is 24.2 Å². The number of benzene rings is 1. The number of anilines is 2. The molecule has 1 aliphatic heterocycles. The number of hydrogen-bond acceptors (Lipinski definition) is 7. The second kappa shape index (κ2) is 9.05. The van der Waals surface area contributed by atoms with Gasteiger partial charge in [-0.1, -0.05) is 18.2 Å². The SMILES string of the molecule is CN1CCN(c2nc(N)nc(CCSc3ccccc3)n2)CC1.Cl. The minimum Gasteiger partial charge on any atom is -0.368 e. The van der Waals surface area contributed by atoms with E-state index in [4.69, 9.17) is 5.73 Å². The molecule has 1 fully saturated rings. The van der Waals surface area contributed by atoms with Gasteiger partial charge in [0.1, 0.15) is 5.82 Å². The van der Waals surface area contributed by atoms with Gasteiger partial charge in [0.15, 0.2) is 0 Å². The van der Waals surface area contributed by atoms with Crippen molar-refractivity contribution < 1.29 is 0 Å². The second-order valence-corrected chi connectivity index (χ2v) is 6.78. The maximum Gasteiger partial charge on any atom is 0.230 e. The summed E-state index contributed by atoms with van der Waals surface area (Å²) in [5.41, 5.74) is 5.87. The molecule has 1 aromatic heterocycles. The molecule has 24 heavy (non-hydrogen) atoms. The van der Waals surface area contributed by atoms with E-state index in [1.165, 1.54) is 4.90 Å². The smallest absolute Gasteiger partial charge is 0.230 e. The van der Waals surface area contributed by atoms with Crippen LogP contribution in [-0.2, 0) is 6.42 Å². The van der Waals surface area contributed by atoms with Gasteiger partial charge in [0.05, 0.1) is 0 Å². The predicted molar refractivity (Wildman–Crippen MR) is 102 cm³/mol. The van der Waals surface area contributed by atoms with Crippen molar-refractivity contribution in [1.29, 1.82) is 0 Å². The number of hydrogen-bond donors (Lipinski definition) is 1. The molecule has 2 heterocycles. The quantitative estimate of drug-likeness (QED) is 0.811. The van der Waals surface area contributed by atoms with E-state index in [1.54, 1.807) is 11.8 Å². The molecule has 2 aromatic rings. The van der Waals surface area contributed by atoms with E-state index >= 15 is 0 Å². The van der Waals surface area contributed by atoms with Crippen LogP contribution in [0.2, 0.25) is 0 Å². The molecule has 0 radical (unpaired) electrons. The lowest BCUT2D eigenvalue weighted by Gasteiger charge is -2.32. The largest absolute Gasteiger partial charge is 0.368 e. The Labute approximate surface area is 153 Å². The number of aromatic nitrogens is 3. The maximum atomic E-state index is 5.87. The van der Waals surface area contributed by atoms with Gasteiger partial charge in [0.25, 0.3) is 0 Å². The average Bonchev–Trinajstić information content (AvgIpc) is 2.56. The average molecular weight is 367 g/mol. The minimum atomic E-state index is 0. The highest BCUT2D eigenvalue weighted by molar-refractivity contribution is 7.99. The fraction of sp³-hybridized carbons (Fsp3) is 0.438. The molecule has 130 valence electrons. The zero-order chi connectivity index (χ0) is 16.1. The van der Waals surface area contributed by atoms with Crippen molar-refractivity contribution in [2.75, 3.05) is 49.6 Å². The Bertz CT molecular complexity index is 634. The van der Waals surface area contributed by atoms with E-state index in [0.717, 1.165) is 44.2 Å². The summed E-state index contributed by atoms with van der Waals surface area (Å²) in [6, 6.07) is 10.4. The highest BCUT2D eigenvalue weighted by Gasteiger charge is 2.17. The van der Waals surface area contributed by atoms with E-state index in [1.807, 2.05) is 6.07 Å². The van der Waals surface area contributed by atoms with Gasteiger partial charge in [-0.25, -0.2) is 0 Å². The Morgan fingerprint density at radius 2 is 1.75 bits per heavy atom. The first-order valence-corrected chi connectivity index (χ1v) is 8.81. The Kier molecular flexibility index (Phi) is 7.08. The normalized spacial score (nSPS) is 15.1. The zero-order valence-electron chi connectivity index (χ0n) is 13.8. The lowest BCUT2D eigenvalue weighted by Crippen LogP contribution is -2.45. The third-order valence-electron chi connectivity index (χ3n) is 3.81. The molecular weight excluding hydrogens is 344 g/mol. The van der Waals surface area contributed by atoms with Crippen LogP contribution in [0, 0.1) is 0 Å². The van der Waals surface area contributed by atoms with Crippen LogP contribution in [0.3, 0.4) is 0 Å². The summed E-state index contributed by atoms with van der Waals surface area (Å²) in [6.07, 6.45) is 0.785. The van der Waals surface area contributed by atoms with Gasteiger partial charge in [-0.2, -0.15) is 15.0 Å². The molecule has 0 amide bonds. The second-order valence-electron chi connectivity index (χ2n) is 5.61. The predicted octanol–water partition coefficient (Wildman–Crippen LogP) is 1.96. The van der Waals surface area contributed by atoms with Gasteiger partial charge in [0, 0.05) is 43.2 Å². The van der Waals surface area contributed by atoms with Crippen LogP contribution < -0.4 is 10.6 Å². The minimum absolute atomic E-state index is 0.